The van der Waals surface area contributed by atoms with Crippen molar-refractivity contribution in [2.45, 2.75) is 18.9 Å². The van der Waals surface area contributed by atoms with Crippen LogP contribution in [0.5, 0.6) is 46.0 Å². The van der Waals surface area contributed by atoms with Gasteiger partial charge < -0.3 is 40.5 Å². The summed E-state index contributed by atoms with van der Waals surface area (Å²) in [6, 6.07) is 8.64. The standard InChI is InChI=1S/C23H20O9/c24-13-8-17(27)14-3-12(7-16(26)11-5-19(29)22(31)20(30)6-11)23(32-21(14)9-13)10-1-2-15(25)18(28)4-10/h1-2,4-6,8-9,12,23-25,27-31H,3,7H2/t12-,23+/m0/s1. The Morgan fingerprint density at radius 3 is 2.16 bits per heavy atom. The van der Waals surface area contributed by atoms with E-state index in [0.29, 0.717) is 11.1 Å². The van der Waals surface area contributed by atoms with E-state index in [-0.39, 0.29) is 47.2 Å². The molecule has 0 aromatic heterocycles. The van der Waals surface area contributed by atoms with E-state index >= 15 is 0 Å². The van der Waals surface area contributed by atoms with Gasteiger partial charge >= 0.3 is 0 Å². The molecular formula is C23H20O9. The van der Waals surface area contributed by atoms with Gasteiger partial charge in [-0.25, -0.2) is 0 Å². The highest BCUT2D eigenvalue weighted by molar-refractivity contribution is 5.97. The highest BCUT2D eigenvalue weighted by Gasteiger charge is 2.35. The molecule has 0 saturated heterocycles. The van der Waals surface area contributed by atoms with Gasteiger partial charge in [-0.2, -0.15) is 0 Å². The Morgan fingerprint density at radius 2 is 1.50 bits per heavy atom. The van der Waals surface area contributed by atoms with Crippen LogP contribution < -0.4 is 4.74 Å². The number of carbonyl (C=O) groups is 1. The van der Waals surface area contributed by atoms with Gasteiger partial charge in [-0.15, -0.1) is 0 Å². The molecule has 3 aromatic rings. The number of phenolic OH excluding ortho intramolecular Hbond substituents is 7. The summed E-state index contributed by atoms with van der Waals surface area (Å²) in [6.45, 7) is 0. The molecule has 9 heteroatoms. The van der Waals surface area contributed by atoms with Gasteiger partial charge in [0.1, 0.15) is 23.4 Å². The smallest absolute Gasteiger partial charge is 0.200 e. The largest absolute Gasteiger partial charge is 0.508 e. The van der Waals surface area contributed by atoms with Gasteiger partial charge in [-0.3, -0.25) is 4.79 Å². The number of ketones is 1. The van der Waals surface area contributed by atoms with E-state index in [1.165, 1.54) is 24.3 Å². The third-order valence-corrected chi connectivity index (χ3v) is 5.49. The average Bonchev–Trinajstić information content (AvgIpc) is 2.73. The number of phenols is 7. The zero-order valence-corrected chi connectivity index (χ0v) is 16.6. The van der Waals surface area contributed by atoms with Gasteiger partial charge in [0, 0.05) is 35.6 Å². The number of carbonyl (C=O) groups excluding carboxylic acids is 1. The van der Waals surface area contributed by atoms with Crippen LogP contribution in [0.4, 0.5) is 0 Å². The molecule has 3 aromatic carbocycles. The minimum atomic E-state index is -0.793. The Bertz CT molecular complexity index is 1200. The van der Waals surface area contributed by atoms with Crippen LogP contribution >= 0.6 is 0 Å². The molecule has 1 heterocycles. The number of aromatic hydroxyl groups is 7. The summed E-state index contributed by atoms with van der Waals surface area (Å²) in [7, 11) is 0. The van der Waals surface area contributed by atoms with E-state index in [9.17, 15) is 40.5 Å². The maximum absolute atomic E-state index is 12.9. The highest BCUT2D eigenvalue weighted by atomic mass is 16.5. The van der Waals surface area contributed by atoms with Gasteiger partial charge in [0.05, 0.1) is 0 Å². The van der Waals surface area contributed by atoms with Gasteiger partial charge in [0.25, 0.3) is 0 Å². The average molecular weight is 440 g/mol. The SMILES string of the molecule is O=C(C[C@@H]1Cc2c(O)cc(O)cc2O[C@@H]1c1ccc(O)c(O)c1)c1cc(O)c(O)c(O)c1. The molecule has 9 nitrogen and oxygen atoms in total. The predicted octanol–water partition coefficient (Wildman–Crippen LogP) is 3.19. The lowest BCUT2D eigenvalue weighted by Crippen LogP contribution is -2.28. The Balaban J connectivity index is 1.72. The van der Waals surface area contributed by atoms with Crippen molar-refractivity contribution in [1.29, 1.82) is 0 Å². The molecule has 1 aliphatic heterocycles. The minimum Gasteiger partial charge on any atom is -0.508 e. The monoisotopic (exact) mass is 440 g/mol. The topological polar surface area (TPSA) is 168 Å². The lowest BCUT2D eigenvalue weighted by Gasteiger charge is -2.34. The maximum Gasteiger partial charge on any atom is 0.200 e. The number of benzene rings is 3. The number of fused-ring (bicyclic) bond motifs is 1. The first-order valence-corrected chi connectivity index (χ1v) is 9.65. The van der Waals surface area contributed by atoms with Gasteiger partial charge in [-0.1, -0.05) is 6.07 Å². The van der Waals surface area contributed by atoms with Crippen molar-refractivity contribution in [3.8, 4) is 46.0 Å². The first-order valence-electron chi connectivity index (χ1n) is 9.65. The zero-order chi connectivity index (χ0) is 23.2. The fourth-order valence-electron chi connectivity index (χ4n) is 3.89. The second-order valence-corrected chi connectivity index (χ2v) is 7.68. The fraction of sp³-hybridized carbons (Fsp3) is 0.174. The molecule has 0 unspecified atom stereocenters. The van der Waals surface area contributed by atoms with E-state index < -0.39 is 35.1 Å². The second-order valence-electron chi connectivity index (χ2n) is 7.68. The van der Waals surface area contributed by atoms with Crippen molar-refractivity contribution >= 4 is 5.78 Å². The van der Waals surface area contributed by atoms with Crippen molar-refractivity contribution in [3.05, 3.63) is 59.2 Å². The Morgan fingerprint density at radius 1 is 0.812 bits per heavy atom. The summed E-state index contributed by atoms with van der Waals surface area (Å²) < 4.78 is 5.99. The summed E-state index contributed by atoms with van der Waals surface area (Å²) in [5, 5.41) is 68.6. The van der Waals surface area contributed by atoms with Crippen LogP contribution in [0.2, 0.25) is 0 Å². The van der Waals surface area contributed by atoms with Crippen LogP contribution in [-0.4, -0.2) is 41.5 Å². The molecule has 7 N–H and O–H groups in total. The van der Waals surface area contributed by atoms with E-state index in [0.717, 1.165) is 18.2 Å². The molecule has 0 spiro atoms. The van der Waals surface area contributed by atoms with Crippen LogP contribution in [0.25, 0.3) is 0 Å². The van der Waals surface area contributed by atoms with Crippen LogP contribution in [0.15, 0.2) is 42.5 Å². The van der Waals surface area contributed by atoms with Crippen LogP contribution in [0.1, 0.15) is 34.0 Å². The Labute approximate surface area is 181 Å². The molecule has 0 bridgehead atoms. The first kappa shape index (κ1) is 21.0. The third-order valence-electron chi connectivity index (χ3n) is 5.49. The van der Waals surface area contributed by atoms with Crippen LogP contribution in [0.3, 0.4) is 0 Å². The molecule has 1 aliphatic rings. The number of hydrogen-bond acceptors (Lipinski definition) is 9. The summed E-state index contributed by atoms with van der Waals surface area (Å²) >= 11 is 0. The van der Waals surface area contributed by atoms with Gasteiger partial charge in [-0.05, 0) is 36.2 Å². The lowest BCUT2D eigenvalue weighted by molar-refractivity contribution is 0.0797. The van der Waals surface area contributed by atoms with E-state index in [4.69, 9.17) is 4.74 Å². The molecule has 166 valence electrons. The maximum atomic E-state index is 12.9. The van der Waals surface area contributed by atoms with Crippen molar-refractivity contribution in [1.82, 2.24) is 0 Å². The highest BCUT2D eigenvalue weighted by Crippen LogP contribution is 2.46. The molecule has 0 fully saturated rings. The van der Waals surface area contributed by atoms with Crippen molar-refractivity contribution in [2.24, 2.45) is 5.92 Å². The molecule has 0 radical (unpaired) electrons. The lowest BCUT2D eigenvalue weighted by atomic mass is 9.82. The Kier molecular flexibility index (Phi) is 5.09. The Hall–Kier alpha value is -4.27. The van der Waals surface area contributed by atoms with E-state index in [2.05, 4.69) is 0 Å². The predicted molar refractivity (Wildman–Crippen MR) is 110 cm³/mol. The third kappa shape index (κ3) is 3.76. The fourth-order valence-corrected chi connectivity index (χ4v) is 3.89. The molecule has 0 saturated carbocycles. The molecule has 0 amide bonds. The zero-order valence-electron chi connectivity index (χ0n) is 16.6. The first-order chi connectivity index (χ1) is 15.1. The summed E-state index contributed by atoms with van der Waals surface area (Å²) in [4.78, 5) is 12.9. The van der Waals surface area contributed by atoms with Crippen molar-refractivity contribution < 1.29 is 45.3 Å². The van der Waals surface area contributed by atoms with Crippen LogP contribution in [-0.2, 0) is 6.42 Å². The summed E-state index contributed by atoms with van der Waals surface area (Å²) in [5.41, 5.74) is 0.796. The normalized spacial score (nSPS) is 17.4. The van der Waals surface area contributed by atoms with Crippen molar-refractivity contribution in [3.63, 3.8) is 0 Å². The van der Waals surface area contributed by atoms with Crippen LogP contribution in [0, 0.1) is 5.92 Å². The number of hydrogen-bond donors (Lipinski definition) is 7. The molecule has 4 rings (SSSR count). The summed E-state index contributed by atoms with van der Waals surface area (Å²) in [6.07, 6.45) is -0.760. The van der Waals surface area contributed by atoms with Crippen molar-refractivity contribution in [2.75, 3.05) is 0 Å². The molecule has 0 aliphatic carbocycles. The van der Waals surface area contributed by atoms with Gasteiger partial charge in [0.2, 0.25) is 0 Å². The number of ether oxygens (including phenoxy) is 1. The molecule has 32 heavy (non-hydrogen) atoms. The molecular weight excluding hydrogens is 420 g/mol. The van der Waals surface area contributed by atoms with E-state index in [1.54, 1.807) is 0 Å². The quantitative estimate of drug-likeness (QED) is 0.238. The minimum absolute atomic E-state index is 0.0363. The van der Waals surface area contributed by atoms with Gasteiger partial charge in [0.15, 0.2) is 34.5 Å². The second kappa shape index (κ2) is 7.77. The number of rotatable bonds is 4. The number of Topliss-reactive ketones (excluding diaryl/α,β-unsaturated/α-hetero) is 1. The molecule has 2 atom stereocenters. The summed E-state index contributed by atoms with van der Waals surface area (Å²) in [5.74, 6) is -3.98. The van der Waals surface area contributed by atoms with E-state index in [1.807, 2.05) is 0 Å².